The molecule has 0 saturated carbocycles. The van der Waals surface area contributed by atoms with Crippen LogP contribution in [-0.2, 0) is 20.0 Å². The molecule has 0 radical (unpaired) electrons. The second kappa shape index (κ2) is 6.66. The Labute approximate surface area is 176 Å². The molecule has 3 aromatic heterocycles. The van der Waals surface area contributed by atoms with E-state index < -0.39 is 0 Å². The highest BCUT2D eigenvalue weighted by Crippen LogP contribution is 2.41. The fraction of sp³-hybridized carbons (Fsp3) is 0.333. The van der Waals surface area contributed by atoms with Gasteiger partial charge in [-0.2, -0.15) is 5.10 Å². The van der Waals surface area contributed by atoms with E-state index in [9.17, 15) is 4.39 Å². The monoisotopic (exact) mass is 421 g/mol. The van der Waals surface area contributed by atoms with Crippen molar-refractivity contribution in [1.29, 1.82) is 0 Å². The topological polar surface area (TPSA) is 91.4 Å². The first kappa shape index (κ1) is 18.1. The van der Waals surface area contributed by atoms with Crippen molar-refractivity contribution in [3.63, 3.8) is 0 Å². The molecule has 0 bridgehead atoms. The van der Waals surface area contributed by atoms with Gasteiger partial charge in [0.05, 0.1) is 24.7 Å². The number of hydrogen-bond acceptors (Lipinski definition) is 7. The van der Waals surface area contributed by atoms with E-state index in [0.29, 0.717) is 48.4 Å². The number of anilines is 1. The van der Waals surface area contributed by atoms with E-state index in [2.05, 4.69) is 25.6 Å². The van der Waals surface area contributed by atoms with Gasteiger partial charge in [-0.05, 0) is 18.2 Å². The minimum absolute atomic E-state index is 0.0463. The maximum Gasteiger partial charge on any atom is 0.173 e. The highest BCUT2D eigenvalue weighted by molar-refractivity contribution is 5.78. The summed E-state index contributed by atoms with van der Waals surface area (Å²) in [6.45, 7) is 3.13. The van der Waals surface area contributed by atoms with Crippen LogP contribution in [0.15, 0.2) is 24.5 Å². The number of halogens is 1. The van der Waals surface area contributed by atoms with Crippen molar-refractivity contribution in [3.05, 3.63) is 47.3 Å². The van der Waals surface area contributed by atoms with Crippen LogP contribution < -0.4 is 14.8 Å². The molecule has 10 heteroatoms. The van der Waals surface area contributed by atoms with Gasteiger partial charge in [-0.1, -0.05) is 6.92 Å². The van der Waals surface area contributed by atoms with Crippen molar-refractivity contribution >= 4 is 11.5 Å². The zero-order chi connectivity index (χ0) is 21.1. The molecular formula is C21H20FN7O2. The number of aromatic nitrogens is 6. The van der Waals surface area contributed by atoms with Crippen LogP contribution in [0.3, 0.4) is 0 Å². The molecule has 2 aliphatic heterocycles. The van der Waals surface area contributed by atoms with E-state index in [1.165, 1.54) is 6.07 Å². The summed E-state index contributed by atoms with van der Waals surface area (Å²) in [5.41, 5.74) is 2.86. The number of pyridine rings is 1. The zero-order valence-electron chi connectivity index (χ0n) is 17.1. The largest absolute Gasteiger partial charge is 0.493 e. The summed E-state index contributed by atoms with van der Waals surface area (Å²) in [6.07, 6.45) is 2.34. The molecule has 2 aliphatic rings. The number of hydrogen-bond donors (Lipinski definition) is 1. The number of nitrogens with one attached hydrogen (secondary N) is 1. The molecule has 0 unspecified atom stereocenters. The van der Waals surface area contributed by atoms with E-state index in [0.717, 1.165) is 29.1 Å². The lowest BCUT2D eigenvalue weighted by molar-refractivity contribution is 0.249. The van der Waals surface area contributed by atoms with Crippen LogP contribution in [0.1, 0.15) is 29.8 Å². The molecule has 9 nitrogen and oxygen atoms in total. The fourth-order valence-corrected chi connectivity index (χ4v) is 4.37. The average molecular weight is 421 g/mol. The summed E-state index contributed by atoms with van der Waals surface area (Å²) in [7, 11) is 1.85. The smallest absolute Gasteiger partial charge is 0.173 e. The predicted octanol–water partition coefficient (Wildman–Crippen LogP) is 2.71. The standard InChI is InChI=1S/C21H20FN7O2/c1-3-17-25-19(28(2)27-17)12-6-16-21(29-10-24-26-20(12)29)23-7-13-14(22)4-5-15-18(13)11(8-30-15)9-31-16/h4-6,10-11,23H,3,7-9H2,1-2H3/t11-/m0/s1. The lowest BCUT2D eigenvalue weighted by atomic mass is 9.96. The number of rotatable bonds is 2. The van der Waals surface area contributed by atoms with Crippen LogP contribution in [-0.4, -0.2) is 42.6 Å². The molecule has 0 fully saturated rings. The van der Waals surface area contributed by atoms with Gasteiger partial charge in [-0.25, -0.2) is 14.1 Å². The molecule has 1 atom stereocenters. The predicted molar refractivity (Wildman–Crippen MR) is 110 cm³/mol. The number of nitrogens with zero attached hydrogens (tertiary/aromatic N) is 6. The van der Waals surface area contributed by atoms with Crippen LogP contribution in [0.2, 0.25) is 0 Å². The fourth-order valence-electron chi connectivity index (χ4n) is 4.37. The summed E-state index contributed by atoms with van der Waals surface area (Å²) >= 11 is 0. The molecule has 1 N–H and O–H groups in total. The number of fused-ring (bicyclic) bond motifs is 3. The van der Waals surface area contributed by atoms with Crippen LogP contribution in [0.25, 0.3) is 17.0 Å². The minimum Gasteiger partial charge on any atom is -0.493 e. The first-order valence-corrected chi connectivity index (χ1v) is 10.2. The van der Waals surface area contributed by atoms with Gasteiger partial charge in [0.1, 0.15) is 17.9 Å². The number of benzene rings is 1. The van der Waals surface area contributed by atoms with Crippen molar-refractivity contribution in [2.24, 2.45) is 7.05 Å². The van der Waals surface area contributed by atoms with Gasteiger partial charge in [0, 0.05) is 31.1 Å². The van der Waals surface area contributed by atoms with Crippen LogP contribution in [0, 0.1) is 5.82 Å². The molecule has 0 spiro atoms. The Morgan fingerprint density at radius 3 is 2.87 bits per heavy atom. The average Bonchev–Trinajstić information content (AvgIpc) is 3.50. The van der Waals surface area contributed by atoms with Crippen LogP contribution in [0.4, 0.5) is 10.2 Å². The molecule has 0 amide bonds. The van der Waals surface area contributed by atoms with Gasteiger partial charge >= 0.3 is 0 Å². The van der Waals surface area contributed by atoms with Gasteiger partial charge < -0.3 is 14.8 Å². The van der Waals surface area contributed by atoms with Crippen LogP contribution >= 0.6 is 0 Å². The summed E-state index contributed by atoms with van der Waals surface area (Å²) in [5.74, 6) is 3.13. The molecule has 1 aromatic carbocycles. The molecule has 0 aliphatic carbocycles. The second-order valence-corrected chi connectivity index (χ2v) is 7.73. The van der Waals surface area contributed by atoms with E-state index >= 15 is 0 Å². The first-order chi connectivity index (χ1) is 15.1. The lowest BCUT2D eigenvalue weighted by Gasteiger charge is -2.16. The van der Waals surface area contributed by atoms with E-state index in [1.807, 2.05) is 24.4 Å². The van der Waals surface area contributed by atoms with Gasteiger partial charge in [0.2, 0.25) is 0 Å². The SMILES string of the molecule is CCc1nc(-c2cc3c(n4cnnc24)NCc2c(F)ccc4c2[C@@H](CO4)CO3)n(C)n1. The summed E-state index contributed by atoms with van der Waals surface area (Å²) in [6, 6.07) is 5.04. The Kier molecular flexibility index (Phi) is 3.89. The Hall–Kier alpha value is -3.69. The summed E-state index contributed by atoms with van der Waals surface area (Å²) in [5, 5.41) is 16.2. The van der Waals surface area contributed by atoms with Crippen molar-refractivity contribution in [1.82, 2.24) is 29.4 Å². The van der Waals surface area contributed by atoms with Gasteiger partial charge in [0.15, 0.2) is 28.9 Å². The quantitative estimate of drug-likeness (QED) is 0.532. The Morgan fingerprint density at radius 1 is 1.23 bits per heavy atom. The molecule has 158 valence electrons. The molecule has 6 rings (SSSR count). The molecule has 4 aromatic rings. The molecule has 0 saturated heterocycles. The van der Waals surface area contributed by atoms with Crippen molar-refractivity contribution in [3.8, 4) is 22.9 Å². The first-order valence-electron chi connectivity index (χ1n) is 10.2. The van der Waals surface area contributed by atoms with E-state index in [4.69, 9.17) is 9.47 Å². The third-order valence-corrected chi connectivity index (χ3v) is 5.88. The molecule has 5 heterocycles. The molecular weight excluding hydrogens is 401 g/mol. The van der Waals surface area contributed by atoms with Crippen molar-refractivity contribution < 1.29 is 13.9 Å². The van der Waals surface area contributed by atoms with Gasteiger partial charge in [-0.15, -0.1) is 10.2 Å². The third kappa shape index (κ3) is 2.67. The minimum atomic E-state index is -0.256. The Bertz CT molecular complexity index is 1330. The maximum atomic E-state index is 14.7. The zero-order valence-corrected chi connectivity index (χ0v) is 17.1. The Morgan fingerprint density at radius 2 is 2.06 bits per heavy atom. The molecule has 31 heavy (non-hydrogen) atoms. The van der Waals surface area contributed by atoms with Crippen LogP contribution in [0.5, 0.6) is 11.5 Å². The second-order valence-electron chi connectivity index (χ2n) is 7.73. The normalized spacial score (nSPS) is 17.1. The number of aryl methyl sites for hydroxylation is 2. The summed E-state index contributed by atoms with van der Waals surface area (Å²) in [4.78, 5) is 4.65. The van der Waals surface area contributed by atoms with Crippen molar-refractivity contribution in [2.75, 3.05) is 18.5 Å². The highest BCUT2D eigenvalue weighted by Gasteiger charge is 2.32. The third-order valence-electron chi connectivity index (χ3n) is 5.88. The highest BCUT2D eigenvalue weighted by atomic mass is 19.1. The van der Waals surface area contributed by atoms with Gasteiger partial charge in [-0.3, -0.25) is 4.40 Å². The Balaban J connectivity index is 1.52. The van der Waals surface area contributed by atoms with E-state index in [-0.39, 0.29) is 11.7 Å². The summed E-state index contributed by atoms with van der Waals surface area (Å²) < 4.78 is 30.3. The van der Waals surface area contributed by atoms with Crippen molar-refractivity contribution in [2.45, 2.75) is 25.8 Å². The number of ether oxygens (including phenoxy) is 2. The van der Waals surface area contributed by atoms with E-state index in [1.54, 1.807) is 17.1 Å². The maximum absolute atomic E-state index is 14.7. The lowest BCUT2D eigenvalue weighted by Crippen LogP contribution is -2.13. The van der Waals surface area contributed by atoms with Gasteiger partial charge in [0.25, 0.3) is 0 Å².